The summed E-state index contributed by atoms with van der Waals surface area (Å²) in [5, 5.41) is 0. The molecule has 0 saturated heterocycles. The number of carbonyl (C=O) groups excluding carboxylic acids is 1. The maximum Gasteiger partial charge on any atom is 0.250 e. The first kappa shape index (κ1) is 13.9. The average Bonchev–Trinajstić information content (AvgIpc) is 2.46. The lowest BCUT2D eigenvalue weighted by Crippen LogP contribution is -2.24. The van der Waals surface area contributed by atoms with Crippen LogP contribution in [0.3, 0.4) is 0 Å². The molecule has 5 heteroatoms. The summed E-state index contributed by atoms with van der Waals surface area (Å²) in [7, 11) is 0. The molecular weight excluding hydrogens is 252 g/mol. The quantitative estimate of drug-likeness (QED) is 0.811. The number of nitrogen functional groups attached to an aromatic ring is 1. The van der Waals surface area contributed by atoms with E-state index in [1.54, 1.807) is 12.1 Å². The van der Waals surface area contributed by atoms with Crippen molar-refractivity contribution in [3.8, 4) is 0 Å². The Kier molecular flexibility index (Phi) is 4.20. The first-order valence-electron chi connectivity index (χ1n) is 6.46. The zero-order chi connectivity index (χ0) is 14.5. The summed E-state index contributed by atoms with van der Waals surface area (Å²) in [5.41, 5.74) is 13.4. The van der Waals surface area contributed by atoms with Gasteiger partial charge in [-0.2, -0.15) is 0 Å². The number of benzene rings is 1. The van der Waals surface area contributed by atoms with Gasteiger partial charge >= 0.3 is 0 Å². The Balaban J connectivity index is 2.20. The highest BCUT2D eigenvalue weighted by atomic mass is 16.1. The van der Waals surface area contributed by atoms with Gasteiger partial charge in [0.2, 0.25) is 5.91 Å². The van der Waals surface area contributed by atoms with Crippen LogP contribution in [-0.4, -0.2) is 17.4 Å². The van der Waals surface area contributed by atoms with Crippen molar-refractivity contribution in [3.63, 3.8) is 0 Å². The number of anilines is 2. The molecule has 0 fully saturated rings. The summed E-state index contributed by atoms with van der Waals surface area (Å²) in [6.07, 6.45) is 1.49. The van der Waals surface area contributed by atoms with Gasteiger partial charge in [0, 0.05) is 25.0 Å². The monoisotopic (exact) mass is 270 g/mol. The van der Waals surface area contributed by atoms with Gasteiger partial charge in [0.05, 0.1) is 5.56 Å². The van der Waals surface area contributed by atoms with E-state index < -0.39 is 5.91 Å². The third-order valence-electron chi connectivity index (χ3n) is 3.15. The number of pyridine rings is 1. The maximum absolute atomic E-state index is 11.0. The van der Waals surface area contributed by atoms with E-state index in [4.69, 9.17) is 11.5 Å². The van der Waals surface area contributed by atoms with Crippen LogP contribution in [0.25, 0.3) is 0 Å². The van der Waals surface area contributed by atoms with E-state index in [0.717, 1.165) is 23.6 Å². The molecule has 0 aliphatic carbocycles. The Bertz CT molecular complexity index is 595. The van der Waals surface area contributed by atoms with Gasteiger partial charge in [0.1, 0.15) is 5.82 Å². The zero-order valence-electron chi connectivity index (χ0n) is 11.4. The summed E-state index contributed by atoms with van der Waals surface area (Å²) in [4.78, 5) is 17.4. The molecule has 0 aliphatic heterocycles. The normalized spacial score (nSPS) is 10.2. The van der Waals surface area contributed by atoms with Crippen molar-refractivity contribution >= 4 is 17.4 Å². The van der Waals surface area contributed by atoms with Crippen molar-refractivity contribution < 1.29 is 4.79 Å². The second-order valence-corrected chi connectivity index (χ2v) is 4.48. The zero-order valence-corrected chi connectivity index (χ0v) is 11.4. The van der Waals surface area contributed by atoms with Crippen LogP contribution in [0, 0.1) is 0 Å². The largest absolute Gasteiger partial charge is 0.398 e. The predicted octanol–water partition coefficient (Wildman–Crippen LogP) is 1.79. The van der Waals surface area contributed by atoms with Gasteiger partial charge in [-0.3, -0.25) is 4.79 Å². The van der Waals surface area contributed by atoms with Crippen molar-refractivity contribution in [2.75, 3.05) is 17.2 Å². The van der Waals surface area contributed by atoms with Crippen LogP contribution >= 0.6 is 0 Å². The van der Waals surface area contributed by atoms with Gasteiger partial charge in [-0.1, -0.05) is 18.2 Å². The SMILES string of the molecule is CCN(Cc1ccccc1N)c1ccc(C(N)=O)cn1. The molecule has 4 N–H and O–H groups in total. The van der Waals surface area contributed by atoms with Crippen LogP contribution in [0.2, 0.25) is 0 Å². The smallest absolute Gasteiger partial charge is 0.250 e. The summed E-state index contributed by atoms with van der Waals surface area (Å²) < 4.78 is 0. The summed E-state index contributed by atoms with van der Waals surface area (Å²) in [6, 6.07) is 11.2. The van der Waals surface area contributed by atoms with Gasteiger partial charge in [0.25, 0.3) is 0 Å². The number of nitrogens with zero attached hydrogens (tertiary/aromatic N) is 2. The summed E-state index contributed by atoms with van der Waals surface area (Å²) >= 11 is 0. The molecule has 0 saturated carbocycles. The molecule has 1 aromatic carbocycles. The molecule has 0 unspecified atom stereocenters. The van der Waals surface area contributed by atoms with Crippen molar-refractivity contribution in [1.82, 2.24) is 4.98 Å². The van der Waals surface area contributed by atoms with Crippen molar-refractivity contribution in [3.05, 3.63) is 53.7 Å². The molecule has 104 valence electrons. The van der Waals surface area contributed by atoms with E-state index in [1.807, 2.05) is 31.2 Å². The Hall–Kier alpha value is -2.56. The van der Waals surface area contributed by atoms with Crippen molar-refractivity contribution in [2.24, 2.45) is 5.73 Å². The number of nitrogens with two attached hydrogens (primary N) is 2. The van der Waals surface area contributed by atoms with Gasteiger partial charge in [-0.05, 0) is 30.7 Å². The topological polar surface area (TPSA) is 85.2 Å². The Morgan fingerprint density at radius 3 is 2.55 bits per heavy atom. The molecule has 1 amide bonds. The molecule has 0 aliphatic rings. The average molecular weight is 270 g/mol. The minimum atomic E-state index is -0.473. The third kappa shape index (κ3) is 3.06. The Morgan fingerprint density at radius 1 is 1.25 bits per heavy atom. The van der Waals surface area contributed by atoms with Crippen LogP contribution in [-0.2, 0) is 6.54 Å². The number of para-hydroxylation sites is 1. The van der Waals surface area contributed by atoms with E-state index in [-0.39, 0.29) is 0 Å². The minimum absolute atomic E-state index is 0.407. The van der Waals surface area contributed by atoms with Gasteiger partial charge < -0.3 is 16.4 Å². The number of hydrogen-bond acceptors (Lipinski definition) is 4. The van der Waals surface area contributed by atoms with E-state index >= 15 is 0 Å². The molecule has 5 nitrogen and oxygen atoms in total. The third-order valence-corrected chi connectivity index (χ3v) is 3.15. The van der Waals surface area contributed by atoms with Crippen LogP contribution in [0.4, 0.5) is 11.5 Å². The lowest BCUT2D eigenvalue weighted by atomic mass is 10.1. The number of rotatable bonds is 5. The molecule has 1 aromatic heterocycles. The van der Waals surface area contributed by atoms with E-state index in [2.05, 4.69) is 9.88 Å². The van der Waals surface area contributed by atoms with Gasteiger partial charge in [0.15, 0.2) is 0 Å². The second kappa shape index (κ2) is 6.06. The van der Waals surface area contributed by atoms with Crippen LogP contribution in [0.1, 0.15) is 22.8 Å². The predicted molar refractivity (Wildman–Crippen MR) is 80.3 cm³/mol. The molecular formula is C15H18N4O. The van der Waals surface area contributed by atoms with Crippen LogP contribution in [0.15, 0.2) is 42.6 Å². The summed E-state index contributed by atoms with van der Waals surface area (Å²) in [6.45, 7) is 3.51. The molecule has 0 spiro atoms. The molecule has 2 rings (SSSR count). The fraction of sp³-hybridized carbons (Fsp3) is 0.200. The number of amides is 1. The van der Waals surface area contributed by atoms with E-state index in [0.29, 0.717) is 12.1 Å². The highest BCUT2D eigenvalue weighted by Crippen LogP contribution is 2.18. The number of hydrogen-bond donors (Lipinski definition) is 2. The lowest BCUT2D eigenvalue weighted by molar-refractivity contribution is 0.1000. The Labute approximate surface area is 118 Å². The van der Waals surface area contributed by atoms with Crippen molar-refractivity contribution in [1.29, 1.82) is 0 Å². The molecule has 0 radical (unpaired) electrons. The maximum atomic E-state index is 11.0. The minimum Gasteiger partial charge on any atom is -0.398 e. The van der Waals surface area contributed by atoms with Crippen molar-refractivity contribution in [2.45, 2.75) is 13.5 Å². The molecule has 20 heavy (non-hydrogen) atoms. The first-order valence-corrected chi connectivity index (χ1v) is 6.46. The molecule has 0 bridgehead atoms. The highest BCUT2D eigenvalue weighted by Gasteiger charge is 2.09. The first-order chi connectivity index (χ1) is 9.61. The lowest BCUT2D eigenvalue weighted by Gasteiger charge is -2.22. The second-order valence-electron chi connectivity index (χ2n) is 4.48. The fourth-order valence-electron chi connectivity index (χ4n) is 1.96. The van der Waals surface area contributed by atoms with Crippen LogP contribution < -0.4 is 16.4 Å². The Morgan fingerprint density at radius 2 is 2.00 bits per heavy atom. The standard InChI is InChI=1S/C15H18N4O/c1-2-19(10-12-5-3-4-6-13(12)16)14-8-7-11(9-18-14)15(17)20/h3-9H,2,10,16H2,1H3,(H2,17,20). The molecule has 0 atom stereocenters. The number of aromatic nitrogens is 1. The molecule has 1 heterocycles. The van der Waals surface area contributed by atoms with E-state index in [9.17, 15) is 4.79 Å². The van der Waals surface area contributed by atoms with Gasteiger partial charge in [-0.15, -0.1) is 0 Å². The summed E-state index contributed by atoms with van der Waals surface area (Å²) in [5.74, 6) is 0.320. The highest BCUT2D eigenvalue weighted by molar-refractivity contribution is 5.92. The number of primary amides is 1. The number of carbonyl (C=O) groups is 1. The van der Waals surface area contributed by atoms with Crippen LogP contribution in [0.5, 0.6) is 0 Å². The van der Waals surface area contributed by atoms with Gasteiger partial charge in [-0.25, -0.2) is 4.98 Å². The van der Waals surface area contributed by atoms with E-state index in [1.165, 1.54) is 6.20 Å². The molecule has 2 aromatic rings. The fourth-order valence-corrected chi connectivity index (χ4v) is 1.96.